The maximum atomic E-state index is 6.20. The van der Waals surface area contributed by atoms with E-state index < -0.39 is 0 Å². The first-order valence-corrected chi connectivity index (χ1v) is 7.57. The SMILES string of the molecule is CCc1ccc(-c2nn(C)c(N)c2-c2ccc(Br)cc2)o1. The summed E-state index contributed by atoms with van der Waals surface area (Å²) in [5.41, 5.74) is 8.90. The second-order valence-electron chi connectivity index (χ2n) is 4.86. The van der Waals surface area contributed by atoms with Gasteiger partial charge in [-0.1, -0.05) is 35.0 Å². The molecule has 5 heteroatoms. The third-order valence-corrected chi connectivity index (χ3v) is 4.00. The van der Waals surface area contributed by atoms with E-state index in [2.05, 4.69) is 28.0 Å². The fourth-order valence-electron chi connectivity index (χ4n) is 2.31. The molecule has 0 radical (unpaired) electrons. The minimum atomic E-state index is 0.627. The average Bonchev–Trinajstić information content (AvgIpc) is 3.06. The molecule has 0 unspecified atom stereocenters. The summed E-state index contributed by atoms with van der Waals surface area (Å²) in [6.07, 6.45) is 0.857. The molecule has 0 saturated carbocycles. The van der Waals surface area contributed by atoms with E-state index in [1.54, 1.807) is 4.68 Å². The molecule has 2 aromatic heterocycles. The van der Waals surface area contributed by atoms with Gasteiger partial charge in [0.05, 0.1) is 5.56 Å². The fourth-order valence-corrected chi connectivity index (χ4v) is 2.57. The number of aryl methyl sites for hydroxylation is 2. The van der Waals surface area contributed by atoms with Crippen LogP contribution in [0.1, 0.15) is 12.7 Å². The van der Waals surface area contributed by atoms with Crippen molar-refractivity contribution in [2.45, 2.75) is 13.3 Å². The third-order valence-electron chi connectivity index (χ3n) is 3.47. The van der Waals surface area contributed by atoms with E-state index >= 15 is 0 Å². The minimum Gasteiger partial charge on any atom is -0.459 e. The van der Waals surface area contributed by atoms with Crippen molar-refractivity contribution in [1.82, 2.24) is 9.78 Å². The Kier molecular flexibility index (Phi) is 3.59. The smallest absolute Gasteiger partial charge is 0.155 e. The van der Waals surface area contributed by atoms with Crippen LogP contribution in [0.15, 0.2) is 45.3 Å². The van der Waals surface area contributed by atoms with Gasteiger partial charge in [0.2, 0.25) is 0 Å². The highest BCUT2D eigenvalue weighted by Gasteiger charge is 2.19. The van der Waals surface area contributed by atoms with Crippen molar-refractivity contribution in [1.29, 1.82) is 0 Å². The molecule has 2 heterocycles. The Morgan fingerprint density at radius 3 is 2.52 bits per heavy atom. The van der Waals surface area contributed by atoms with Crippen LogP contribution in [-0.4, -0.2) is 9.78 Å². The van der Waals surface area contributed by atoms with Crippen LogP contribution in [0.3, 0.4) is 0 Å². The molecule has 0 fully saturated rings. The van der Waals surface area contributed by atoms with Gasteiger partial charge in [-0.25, -0.2) is 0 Å². The largest absolute Gasteiger partial charge is 0.459 e. The van der Waals surface area contributed by atoms with E-state index in [1.165, 1.54) is 0 Å². The lowest BCUT2D eigenvalue weighted by Crippen LogP contribution is -1.97. The van der Waals surface area contributed by atoms with Crippen molar-refractivity contribution in [2.75, 3.05) is 5.73 Å². The van der Waals surface area contributed by atoms with E-state index in [4.69, 9.17) is 10.2 Å². The molecule has 0 aliphatic rings. The maximum absolute atomic E-state index is 6.20. The van der Waals surface area contributed by atoms with Crippen LogP contribution in [0.2, 0.25) is 0 Å². The highest BCUT2D eigenvalue weighted by atomic mass is 79.9. The molecular formula is C16H16BrN3O. The zero-order valence-electron chi connectivity index (χ0n) is 11.9. The molecular weight excluding hydrogens is 330 g/mol. The van der Waals surface area contributed by atoms with Gasteiger partial charge in [0.25, 0.3) is 0 Å². The Hall–Kier alpha value is -2.01. The molecule has 1 aromatic carbocycles. The zero-order valence-corrected chi connectivity index (χ0v) is 13.5. The summed E-state index contributed by atoms with van der Waals surface area (Å²) in [6.45, 7) is 2.06. The molecule has 0 aliphatic heterocycles. The molecule has 3 rings (SSSR count). The summed E-state index contributed by atoms with van der Waals surface area (Å²) in [6, 6.07) is 11.9. The molecule has 0 spiro atoms. The van der Waals surface area contributed by atoms with Crippen LogP contribution in [0.25, 0.3) is 22.6 Å². The van der Waals surface area contributed by atoms with Crippen molar-refractivity contribution in [3.63, 3.8) is 0 Å². The third kappa shape index (κ3) is 2.49. The van der Waals surface area contributed by atoms with E-state index in [0.29, 0.717) is 5.82 Å². The lowest BCUT2D eigenvalue weighted by atomic mass is 10.0. The van der Waals surface area contributed by atoms with Crippen molar-refractivity contribution in [3.05, 3.63) is 46.6 Å². The van der Waals surface area contributed by atoms with Crippen molar-refractivity contribution < 1.29 is 4.42 Å². The van der Waals surface area contributed by atoms with Crippen LogP contribution < -0.4 is 5.73 Å². The topological polar surface area (TPSA) is 57.0 Å². The molecule has 0 bridgehead atoms. The minimum absolute atomic E-state index is 0.627. The van der Waals surface area contributed by atoms with Crippen LogP contribution in [0.4, 0.5) is 5.82 Å². The fraction of sp³-hybridized carbons (Fsp3) is 0.188. The molecule has 0 amide bonds. The van der Waals surface area contributed by atoms with E-state index in [9.17, 15) is 0 Å². The first kappa shape index (κ1) is 13.9. The lowest BCUT2D eigenvalue weighted by molar-refractivity contribution is 0.526. The van der Waals surface area contributed by atoms with Gasteiger partial charge in [-0.15, -0.1) is 0 Å². The number of rotatable bonds is 3. The predicted octanol–water partition coefficient (Wildman–Crippen LogP) is 4.25. The quantitative estimate of drug-likeness (QED) is 0.771. The van der Waals surface area contributed by atoms with Crippen molar-refractivity contribution in [2.24, 2.45) is 7.05 Å². The van der Waals surface area contributed by atoms with E-state index in [-0.39, 0.29) is 0 Å². The van der Waals surface area contributed by atoms with Gasteiger partial charge in [-0.05, 0) is 29.8 Å². The second-order valence-corrected chi connectivity index (χ2v) is 5.77. The van der Waals surface area contributed by atoms with Crippen molar-refractivity contribution >= 4 is 21.7 Å². The molecule has 0 aliphatic carbocycles. The standard InChI is InChI=1S/C16H16BrN3O/c1-3-12-8-9-13(21-12)15-14(16(18)20(2)19-15)10-4-6-11(17)7-5-10/h4-9H,3,18H2,1-2H3. The highest BCUT2D eigenvalue weighted by Crippen LogP contribution is 2.37. The van der Waals surface area contributed by atoms with Crippen LogP contribution in [-0.2, 0) is 13.5 Å². The van der Waals surface area contributed by atoms with Gasteiger partial charge in [0.15, 0.2) is 5.76 Å². The first-order valence-electron chi connectivity index (χ1n) is 6.77. The number of hydrogen-bond acceptors (Lipinski definition) is 3. The lowest BCUT2D eigenvalue weighted by Gasteiger charge is -2.03. The summed E-state index contributed by atoms with van der Waals surface area (Å²) in [7, 11) is 1.84. The van der Waals surface area contributed by atoms with Crippen LogP contribution in [0, 0.1) is 0 Å². The summed E-state index contributed by atoms with van der Waals surface area (Å²) in [4.78, 5) is 0. The van der Waals surface area contributed by atoms with E-state index in [0.717, 1.165) is 39.2 Å². The van der Waals surface area contributed by atoms with Crippen molar-refractivity contribution in [3.8, 4) is 22.6 Å². The van der Waals surface area contributed by atoms with E-state index in [1.807, 2.05) is 43.4 Å². The van der Waals surface area contributed by atoms with Gasteiger partial charge < -0.3 is 10.2 Å². The van der Waals surface area contributed by atoms with Gasteiger partial charge >= 0.3 is 0 Å². The zero-order chi connectivity index (χ0) is 15.0. The monoisotopic (exact) mass is 345 g/mol. The number of aromatic nitrogens is 2. The number of hydrogen-bond donors (Lipinski definition) is 1. The van der Waals surface area contributed by atoms with Gasteiger partial charge in [-0.3, -0.25) is 4.68 Å². The number of benzene rings is 1. The number of furan rings is 1. The molecule has 108 valence electrons. The number of halogens is 1. The molecule has 21 heavy (non-hydrogen) atoms. The molecule has 2 N–H and O–H groups in total. The van der Waals surface area contributed by atoms with Gasteiger partial charge in [-0.2, -0.15) is 5.10 Å². The first-order chi connectivity index (χ1) is 10.1. The summed E-state index contributed by atoms with van der Waals surface area (Å²) in [5, 5.41) is 4.51. The number of nitrogens with two attached hydrogens (primary N) is 1. The maximum Gasteiger partial charge on any atom is 0.155 e. The number of nitrogen functional groups attached to an aromatic ring is 1. The Morgan fingerprint density at radius 1 is 1.19 bits per heavy atom. The summed E-state index contributed by atoms with van der Waals surface area (Å²) >= 11 is 3.45. The Bertz CT molecular complexity index is 771. The molecule has 3 aromatic rings. The van der Waals surface area contributed by atoms with Crippen LogP contribution >= 0.6 is 15.9 Å². The predicted molar refractivity (Wildman–Crippen MR) is 87.8 cm³/mol. The summed E-state index contributed by atoms with van der Waals surface area (Å²) < 4.78 is 8.54. The second kappa shape index (κ2) is 5.41. The summed E-state index contributed by atoms with van der Waals surface area (Å²) in [5.74, 6) is 2.31. The van der Waals surface area contributed by atoms with Crippen LogP contribution in [0.5, 0.6) is 0 Å². The number of anilines is 1. The molecule has 4 nitrogen and oxygen atoms in total. The molecule has 0 saturated heterocycles. The van der Waals surface area contributed by atoms with Gasteiger partial charge in [0.1, 0.15) is 17.3 Å². The normalized spacial score (nSPS) is 11.0. The van der Waals surface area contributed by atoms with Gasteiger partial charge in [0, 0.05) is 17.9 Å². The molecule has 0 atom stereocenters. The Labute approximate surface area is 131 Å². The average molecular weight is 346 g/mol. The highest BCUT2D eigenvalue weighted by molar-refractivity contribution is 9.10. The Balaban J connectivity index is 2.17. The number of nitrogens with zero attached hydrogens (tertiary/aromatic N) is 2. The Morgan fingerprint density at radius 2 is 1.90 bits per heavy atom.